The van der Waals surface area contributed by atoms with Gasteiger partial charge < -0.3 is 17.7 Å². The van der Waals surface area contributed by atoms with Gasteiger partial charge in [-0.15, -0.1) is 0 Å². The van der Waals surface area contributed by atoms with E-state index in [1.54, 1.807) is 12.3 Å². The zero-order valence-corrected chi connectivity index (χ0v) is 24.5. The molecule has 2 aromatic heterocycles. The van der Waals surface area contributed by atoms with Crippen LogP contribution in [0.1, 0.15) is 61.6 Å². The van der Waals surface area contributed by atoms with Crippen molar-refractivity contribution in [3.63, 3.8) is 0 Å². The van der Waals surface area contributed by atoms with Crippen LogP contribution in [0.2, 0.25) is 22.2 Å². The van der Waals surface area contributed by atoms with E-state index in [2.05, 4.69) is 77.0 Å². The van der Waals surface area contributed by atoms with Gasteiger partial charge in [0.15, 0.2) is 12.0 Å². The third-order valence-electron chi connectivity index (χ3n) is 7.37. The first-order valence-corrected chi connectivity index (χ1v) is 16.7. The molecule has 4 heterocycles. The molecular formula is C24H39N5O5Si2. The Morgan fingerprint density at radius 3 is 2.19 bits per heavy atom. The van der Waals surface area contributed by atoms with Crippen LogP contribution in [-0.2, 0) is 17.7 Å². The van der Waals surface area contributed by atoms with E-state index < -0.39 is 41.2 Å². The van der Waals surface area contributed by atoms with E-state index in [9.17, 15) is 4.79 Å². The lowest BCUT2D eigenvalue weighted by Gasteiger charge is -2.51. The zero-order valence-electron chi connectivity index (χ0n) is 22.5. The molecule has 0 bridgehead atoms. The van der Waals surface area contributed by atoms with Gasteiger partial charge >= 0.3 is 22.8 Å². The molecule has 36 heavy (non-hydrogen) atoms. The molecule has 0 aromatic carbocycles. The molecule has 10 nitrogen and oxygen atoms in total. The van der Waals surface area contributed by atoms with E-state index in [0.29, 0.717) is 18.0 Å². The minimum atomic E-state index is -2.82. The van der Waals surface area contributed by atoms with Crippen LogP contribution in [0.5, 0.6) is 0 Å². The SMILES string of the molecule is C=C1[C@H](n2ccc(-n3cncn3)nc2=O)O[C@@H]2CO[Si](C(C)C)(C(C)C)O[Si](C(C)C)(C(C)C)O[C@@H]12. The Bertz CT molecular complexity index is 1120. The van der Waals surface area contributed by atoms with Crippen molar-refractivity contribution in [3.8, 4) is 5.82 Å². The molecule has 2 saturated heterocycles. The van der Waals surface area contributed by atoms with Gasteiger partial charge in [-0.3, -0.25) is 4.57 Å². The number of ether oxygens (including phenoxy) is 1. The highest BCUT2D eigenvalue weighted by Gasteiger charge is 2.60. The van der Waals surface area contributed by atoms with Crippen molar-refractivity contribution in [1.82, 2.24) is 24.3 Å². The Morgan fingerprint density at radius 2 is 1.67 bits per heavy atom. The molecule has 0 N–H and O–H groups in total. The Hall–Kier alpha value is -1.97. The third kappa shape index (κ3) is 4.47. The van der Waals surface area contributed by atoms with Crippen molar-refractivity contribution >= 4 is 17.1 Å². The van der Waals surface area contributed by atoms with Crippen molar-refractivity contribution in [2.45, 2.75) is 96.0 Å². The average molecular weight is 534 g/mol. The molecule has 4 rings (SSSR count). The number of aromatic nitrogens is 5. The van der Waals surface area contributed by atoms with Crippen molar-refractivity contribution in [2.75, 3.05) is 6.61 Å². The van der Waals surface area contributed by atoms with E-state index in [1.165, 1.54) is 21.9 Å². The molecule has 0 saturated carbocycles. The Labute approximate surface area is 215 Å². The van der Waals surface area contributed by atoms with Crippen molar-refractivity contribution in [2.24, 2.45) is 0 Å². The second-order valence-corrected chi connectivity index (χ2v) is 19.8. The molecule has 2 fully saturated rings. The van der Waals surface area contributed by atoms with Gasteiger partial charge in [-0.2, -0.15) is 10.1 Å². The Morgan fingerprint density at radius 1 is 1.03 bits per heavy atom. The van der Waals surface area contributed by atoms with E-state index in [0.717, 1.165) is 0 Å². The molecule has 2 aromatic rings. The van der Waals surface area contributed by atoms with Crippen LogP contribution in [0.3, 0.4) is 0 Å². The van der Waals surface area contributed by atoms with Crippen molar-refractivity contribution in [1.29, 1.82) is 0 Å². The van der Waals surface area contributed by atoms with Gasteiger partial charge in [0.05, 0.1) is 6.61 Å². The van der Waals surface area contributed by atoms with Gasteiger partial charge in [0.1, 0.15) is 24.9 Å². The lowest BCUT2D eigenvalue weighted by molar-refractivity contribution is -0.0561. The molecule has 0 radical (unpaired) electrons. The molecule has 2 aliphatic rings. The number of rotatable bonds is 6. The van der Waals surface area contributed by atoms with Gasteiger partial charge in [0.2, 0.25) is 0 Å². The summed E-state index contributed by atoms with van der Waals surface area (Å²) in [5, 5.41) is 4.04. The normalized spacial score (nSPS) is 26.0. The van der Waals surface area contributed by atoms with Gasteiger partial charge in [0, 0.05) is 11.8 Å². The summed E-state index contributed by atoms with van der Waals surface area (Å²) in [5.74, 6) is 0.382. The maximum absolute atomic E-state index is 13.0. The summed E-state index contributed by atoms with van der Waals surface area (Å²) >= 11 is 0. The van der Waals surface area contributed by atoms with Crippen LogP contribution >= 0.6 is 0 Å². The molecule has 0 aliphatic carbocycles. The second kappa shape index (κ2) is 10.1. The summed E-state index contributed by atoms with van der Waals surface area (Å²) in [4.78, 5) is 21.1. The highest BCUT2D eigenvalue weighted by Crippen LogP contribution is 2.49. The van der Waals surface area contributed by atoms with Gasteiger partial charge in [0.25, 0.3) is 0 Å². The smallest absolute Gasteiger partial charge is 0.351 e. The van der Waals surface area contributed by atoms with Gasteiger partial charge in [-0.1, -0.05) is 62.0 Å². The Kier molecular flexibility index (Phi) is 7.57. The fraction of sp³-hybridized carbons (Fsp3) is 0.667. The van der Waals surface area contributed by atoms with E-state index in [-0.39, 0.29) is 22.2 Å². The maximum atomic E-state index is 13.0. The maximum Gasteiger partial charge on any atom is 0.351 e. The first-order valence-electron chi connectivity index (χ1n) is 12.7. The van der Waals surface area contributed by atoms with Crippen LogP contribution in [-0.4, -0.2) is 60.3 Å². The lowest BCUT2D eigenvalue weighted by atomic mass is 10.1. The van der Waals surface area contributed by atoms with Crippen LogP contribution in [0.15, 0.2) is 41.9 Å². The summed E-state index contributed by atoms with van der Waals surface area (Å²) < 4.78 is 30.4. The topological polar surface area (TPSA) is 103 Å². The highest BCUT2D eigenvalue weighted by atomic mass is 28.5. The van der Waals surface area contributed by atoms with Crippen LogP contribution in [0.4, 0.5) is 0 Å². The highest BCUT2D eigenvalue weighted by molar-refractivity contribution is 6.84. The first-order chi connectivity index (χ1) is 16.9. The zero-order chi connectivity index (χ0) is 26.4. The van der Waals surface area contributed by atoms with E-state index in [4.69, 9.17) is 17.7 Å². The monoisotopic (exact) mass is 533 g/mol. The molecule has 3 atom stereocenters. The quantitative estimate of drug-likeness (QED) is 0.401. The average Bonchev–Trinajstić information content (AvgIpc) is 3.42. The number of fused-ring (bicyclic) bond motifs is 1. The molecule has 12 heteroatoms. The predicted molar refractivity (Wildman–Crippen MR) is 140 cm³/mol. The van der Waals surface area contributed by atoms with Gasteiger partial charge in [-0.05, 0) is 28.2 Å². The number of hydrogen-bond donors (Lipinski definition) is 0. The van der Waals surface area contributed by atoms with Crippen molar-refractivity contribution < 1.29 is 17.7 Å². The fourth-order valence-electron chi connectivity index (χ4n) is 5.39. The minimum Gasteiger partial charge on any atom is -0.414 e. The molecule has 0 amide bonds. The van der Waals surface area contributed by atoms with Crippen molar-refractivity contribution in [3.05, 3.63) is 47.6 Å². The van der Waals surface area contributed by atoms with Crippen LogP contribution in [0, 0.1) is 0 Å². The van der Waals surface area contributed by atoms with Crippen LogP contribution < -0.4 is 5.69 Å². The second-order valence-electron chi connectivity index (χ2n) is 10.9. The minimum absolute atomic E-state index is 0.183. The summed E-state index contributed by atoms with van der Waals surface area (Å²) in [6, 6.07) is 1.70. The van der Waals surface area contributed by atoms with Crippen LogP contribution in [0.25, 0.3) is 5.82 Å². The molecular weight excluding hydrogens is 494 g/mol. The number of hydrogen-bond acceptors (Lipinski definition) is 8. The Balaban J connectivity index is 1.73. The lowest BCUT2D eigenvalue weighted by Crippen LogP contribution is -2.65. The third-order valence-corrected chi connectivity index (χ3v) is 17.6. The predicted octanol–water partition coefficient (Wildman–Crippen LogP) is 4.23. The number of nitrogens with zero attached hydrogens (tertiary/aromatic N) is 5. The summed E-state index contributed by atoms with van der Waals surface area (Å²) in [6.07, 6.45) is 2.97. The molecule has 0 unspecified atom stereocenters. The molecule has 198 valence electrons. The van der Waals surface area contributed by atoms with E-state index in [1.807, 2.05) is 0 Å². The molecule has 0 spiro atoms. The van der Waals surface area contributed by atoms with E-state index >= 15 is 0 Å². The standard InChI is InChI=1S/C24H39N5O5Si2/c1-15(2)35(16(3)4)31-12-20-22(33-36(34-35,17(5)6)18(7)8)19(9)23(32-20)28-11-10-21(27-24(28)30)29-14-25-13-26-29/h10-11,13-18,20,22-23H,9,12H2,1-8H3/t20-,22+,23-/m1/s1. The summed E-state index contributed by atoms with van der Waals surface area (Å²) in [7, 11) is -5.51. The van der Waals surface area contributed by atoms with Gasteiger partial charge in [-0.25, -0.2) is 14.5 Å². The summed E-state index contributed by atoms with van der Waals surface area (Å²) in [6.45, 7) is 22.1. The largest absolute Gasteiger partial charge is 0.414 e. The molecule has 2 aliphatic heterocycles. The summed E-state index contributed by atoms with van der Waals surface area (Å²) in [5.41, 5.74) is 1.04. The fourth-order valence-corrected chi connectivity index (χ4v) is 16.6. The first kappa shape index (κ1) is 27.1.